The fourth-order valence-corrected chi connectivity index (χ4v) is 1.29. The lowest BCUT2D eigenvalue weighted by Gasteiger charge is -2.09. The summed E-state index contributed by atoms with van der Waals surface area (Å²) in [6.07, 6.45) is 0. The summed E-state index contributed by atoms with van der Waals surface area (Å²) in [5.41, 5.74) is 1.53. The largest absolute Gasteiger partial charge is 0.496 e. The maximum atomic E-state index is 8.75. The summed E-state index contributed by atoms with van der Waals surface area (Å²) >= 11 is 0. The quantitative estimate of drug-likeness (QED) is 0.694. The van der Waals surface area contributed by atoms with Gasteiger partial charge >= 0.3 is 0 Å². The molecule has 1 aromatic rings. The molecule has 0 aliphatic rings. The summed E-state index contributed by atoms with van der Waals surface area (Å²) in [4.78, 5) is 0. The van der Waals surface area contributed by atoms with Crippen LogP contribution in [0.25, 0.3) is 0 Å². The van der Waals surface area contributed by atoms with Crippen LogP contribution in [0.1, 0.15) is 11.1 Å². The number of benzene rings is 1. The highest BCUT2D eigenvalue weighted by molar-refractivity contribution is 5.41. The van der Waals surface area contributed by atoms with E-state index >= 15 is 0 Å². The highest BCUT2D eigenvalue weighted by atomic mass is 16.5. The third-order valence-electron chi connectivity index (χ3n) is 2.01. The third-order valence-corrected chi connectivity index (χ3v) is 2.01. The lowest BCUT2D eigenvalue weighted by Crippen LogP contribution is -2.17. The topological polar surface area (TPSA) is 65.3 Å². The number of rotatable bonds is 5. The van der Waals surface area contributed by atoms with Crippen molar-refractivity contribution in [3.63, 3.8) is 0 Å². The molecule has 0 saturated carbocycles. The molecule has 0 aliphatic heterocycles. The van der Waals surface area contributed by atoms with Crippen LogP contribution in [0.4, 0.5) is 0 Å². The molecule has 4 nitrogen and oxygen atoms in total. The Morgan fingerprint density at radius 1 is 1.53 bits per heavy atom. The molecule has 0 atom stereocenters. The number of nitrogens with zero attached hydrogens (tertiary/aromatic N) is 1. The Labute approximate surface area is 89.1 Å². The van der Waals surface area contributed by atoms with Gasteiger partial charge in [0.15, 0.2) is 0 Å². The average Bonchev–Trinajstić information content (AvgIpc) is 2.29. The van der Waals surface area contributed by atoms with Gasteiger partial charge in [-0.05, 0) is 18.2 Å². The fourth-order valence-electron chi connectivity index (χ4n) is 1.29. The molecule has 0 spiro atoms. The Bertz CT molecular complexity index is 358. The number of aliphatic hydroxyl groups is 1. The normalized spacial score (nSPS) is 9.67. The van der Waals surface area contributed by atoms with Gasteiger partial charge in [0.1, 0.15) is 5.75 Å². The van der Waals surface area contributed by atoms with Crippen LogP contribution in [0.2, 0.25) is 0 Å². The van der Waals surface area contributed by atoms with E-state index in [0.29, 0.717) is 18.7 Å². The zero-order chi connectivity index (χ0) is 11.1. The van der Waals surface area contributed by atoms with Crippen molar-refractivity contribution in [2.75, 3.05) is 20.3 Å². The molecule has 0 saturated heterocycles. The number of nitrogens with one attached hydrogen (secondary N) is 1. The van der Waals surface area contributed by atoms with E-state index < -0.39 is 0 Å². The SMILES string of the molecule is COc1ccc(C#N)cc1CNCCO. The van der Waals surface area contributed by atoms with Crippen LogP contribution in [-0.4, -0.2) is 25.4 Å². The van der Waals surface area contributed by atoms with E-state index in [9.17, 15) is 0 Å². The number of aliphatic hydroxyl groups excluding tert-OH is 1. The van der Waals surface area contributed by atoms with E-state index in [4.69, 9.17) is 15.1 Å². The smallest absolute Gasteiger partial charge is 0.123 e. The van der Waals surface area contributed by atoms with Gasteiger partial charge < -0.3 is 15.2 Å². The van der Waals surface area contributed by atoms with Crippen molar-refractivity contribution in [2.24, 2.45) is 0 Å². The summed E-state index contributed by atoms with van der Waals surface area (Å²) in [6, 6.07) is 7.35. The molecule has 0 bridgehead atoms. The molecule has 15 heavy (non-hydrogen) atoms. The Kier molecular flexibility index (Phi) is 4.61. The van der Waals surface area contributed by atoms with E-state index in [1.165, 1.54) is 0 Å². The molecule has 0 aromatic heterocycles. The van der Waals surface area contributed by atoms with Crippen LogP contribution in [0.5, 0.6) is 5.75 Å². The van der Waals surface area contributed by atoms with Crippen LogP contribution in [0.15, 0.2) is 18.2 Å². The number of hydrogen-bond acceptors (Lipinski definition) is 4. The molecule has 4 heteroatoms. The Balaban J connectivity index is 2.78. The zero-order valence-corrected chi connectivity index (χ0v) is 8.66. The summed E-state index contributed by atoms with van der Waals surface area (Å²) < 4.78 is 5.16. The molecular weight excluding hydrogens is 192 g/mol. The van der Waals surface area contributed by atoms with E-state index in [1.54, 1.807) is 25.3 Å². The zero-order valence-electron chi connectivity index (χ0n) is 8.66. The molecule has 0 amide bonds. The first kappa shape index (κ1) is 11.5. The first-order chi connectivity index (χ1) is 7.31. The van der Waals surface area contributed by atoms with Gasteiger partial charge in [0.25, 0.3) is 0 Å². The number of ether oxygens (including phenoxy) is 1. The van der Waals surface area contributed by atoms with Crippen molar-refractivity contribution >= 4 is 0 Å². The van der Waals surface area contributed by atoms with Crippen molar-refractivity contribution in [1.82, 2.24) is 5.32 Å². The van der Waals surface area contributed by atoms with E-state index in [1.807, 2.05) is 0 Å². The first-order valence-electron chi connectivity index (χ1n) is 4.70. The van der Waals surface area contributed by atoms with Gasteiger partial charge in [-0.25, -0.2) is 0 Å². The minimum Gasteiger partial charge on any atom is -0.496 e. The van der Waals surface area contributed by atoms with Crippen molar-refractivity contribution in [2.45, 2.75) is 6.54 Å². The monoisotopic (exact) mass is 206 g/mol. The summed E-state index contributed by atoms with van der Waals surface area (Å²) in [6.45, 7) is 1.21. The van der Waals surface area contributed by atoms with Crippen molar-refractivity contribution < 1.29 is 9.84 Å². The van der Waals surface area contributed by atoms with Gasteiger partial charge in [0.2, 0.25) is 0 Å². The standard InChI is InChI=1S/C11H14N2O2/c1-15-11-3-2-9(7-12)6-10(11)8-13-4-5-14/h2-3,6,13-14H,4-5,8H2,1H3. The second kappa shape index (κ2) is 6.02. The van der Waals surface area contributed by atoms with Crippen LogP contribution in [-0.2, 0) is 6.54 Å². The van der Waals surface area contributed by atoms with Gasteiger partial charge in [-0.3, -0.25) is 0 Å². The van der Waals surface area contributed by atoms with Crippen molar-refractivity contribution in [1.29, 1.82) is 5.26 Å². The summed E-state index contributed by atoms with van der Waals surface area (Å²) in [5, 5.41) is 20.4. The van der Waals surface area contributed by atoms with Gasteiger partial charge in [-0.1, -0.05) is 0 Å². The van der Waals surface area contributed by atoms with Crippen molar-refractivity contribution in [3.05, 3.63) is 29.3 Å². The Hall–Kier alpha value is -1.57. The highest BCUT2D eigenvalue weighted by Gasteiger charge is 2.03. The van der Waals surface area contributed by atoms with Crippen LogP contribution in [0.3, 0.4) is 0 Å². The maximum absolute atomic E-state index is 8.75. The number of nitriles is 1. The second-order valence-electron chi connectivity index (χ2n) is 3.04. The lowest BCUT2D eigenvalue weighted by atomic mass is 10.1. The lowest BCUT2D eigenvalue weighted by molar-refractivity contribution is 0.291. The van der Waals surface area contributed by atoms with Gasteiger partial charge in [-0.2, -0.15) is 5.26 Å². The van der Waals surface area contributed by atoms with Crippen molar-refractivity contribution in [3.8, 4) is 11.8 Å². The molecule has 0 unspecified atom stereocenters. The van der Waals surface area contributed by atoms with E-state index in [0.717, 1.165) is 11.3 Å². The van der Waals surface area contributed by atoms with E-state index in [2.05, 4.69) is 11.4 Å². The fraction of sp³-hybridized carbons (Fsp3) is 0.364. The molecule has 0 heterocycles. The predicted octanol–water partition coefficient (Wildman–Crippen LogP) is 0.649. The highest BCUT2D eigenvalue weighted by Crippen LogP contribution is 2.19. The van der Waals surface area contributed by atoms with Gasteiger partial charge in [-0.15, -0.1) is 0 Å². The minimum atomic E-state index is 0.0975. The summed E-state index contributed by atoms with van der Waals surface area (Å²) in [7, 11) is 1.59. The van der Waals surface area contributed by atoms with Gasteiger partial charge in [0, 0.05) is 18.7 Å². The Morgan fingerprint density at radius 2 is 2.33 bits per heavy atom. The number of methoxy groups -OCH3 is 1. The van der Waals surface area contributed by atoms with Crippen LogP contribution in [0, 0.1) is 11.3 Å². The minimum absolute atomic E-state index is 0.0975. The molecular formula is C11H14N2O2. The molecule has 1 rings (SSSR count). The third kappa shape index (κ3) is 3.24. The molecule has 1 aromatic carbocycles. The van der Waals surface area contributed by atoms with Crippen LogP contribution >= 0.6 is 0 Å². The molecule has 2 N–H and O–H groups in total. The Morgan fingerprint density at radius 3 is 2.93 bits per heavy atom. The molecule has 80 valence electrons. The summed E-state index contributed by atoms with van der Waals surface area (Å²) in [5.74, 6) is 0.749. The second-order valence-corrected chi connectivity index (χ2v) is 3.04. The molecule has 0 radical (unpaired) electrons. The van der Waals surface area contributed by atoms with Crippen LogP contribution < -0.4 is 10.1 Å². The average molecular weight is 206 g/mol. The molecule has 0 aliphatic carbocycles. The maximum Gasteiger partial charge on any atom is 0.123 e. The first-order valence-corrected chi connectivity index (χ1v) is 4.70. The van der Waals surface area contributed by atoms with E-state index in [-0.39, 0.29) is 6.61 Å². The number of hydrogen-bond donors (Lipinski definition) is 2. The van der Waals surface area contributed by atoms with Gasteiger partial charge in [0.05, 0.1) is 25.3 Å². The molecule has 0 fully saturated rings. The predicted molar refractivity (Wildman–Crippen MR) is 56.5 cm³/mol.